The fourth-order valence-electron chi connectivity index (χ4n) is 3.19. The molecule has 3 rings (SSSR count). The number of nitrogens with one attached hydrogen (secondary N) is 1. The van der Waals surface area contributed by atoms with E-state index in [-0.39, 0.29) is 0 Å². The first-order chi connectivity index (χ1) is 13.5. The van der Waals surface area contributed by atoms with Gasteiger partial charge in [-0.15, -0.1) is 0 Å². The summed E-state index contributed by atoms with van der Waals surface area (Å²) in [5.74, 6) is -2.76. The van der Waals surface area contributed by atoms with E-state index in [4.69, 9.17) is 15.0 Å². The number of fused-ring (bicyclic) bond motifs is 1. The topological polar surface area (TPSA) is 85.0 Å². The van der Waals surface area contributed by atoms with E-state index in [9.17, 15) is 13.2 Å². The molecule has 1 unspecified atom stereocenters. The summed E-state index contributed by atoms with van der Waals surface area (Å²) in [6.45, 7) is 9.59. The van der Waals surface area contributed by atoms with Crippen molar-refractivity contribution in [2.24, 2.45) is 0 Å². The molecule has 162 valence electrons. The van der Waals surface area contributed by atoms with Crippen LogP contribution < -0.4 is 5.32 Å². The van der Waals surface area contributed by atoms with E-state index in [1.165, 1.54) is 23.4 Å². The highest BCUT2D eigenvalue weighted by Crippen LogP contribution is 2.29. The summed E-state index contributed by atoms with van der Waals surface area (Å²) >= 11 is 0. The summed E-state index contributed by atoms with van der Waals surface area (Å²) in [6, 6.07) is 1.23. The minimum Gasteiger partial charge on any atom is -0.475 e. The molecule has 0 bridgehead atoms. The number of aromatic nitrogens is 4. The number of rotatable bonds is 5. The summed E-state index contributed by atoms with van der Waals surface area (Å²) in [4.78, 5) is 13.2. The molecule has 1 atom stereocenters. The van der Waals surface area contributed by atoms with Crippen LogP contribution in [0.15, 0.2) is 18.7 Å². The first-order valence-corrected chi connectivity index (χ1v) is 9.62. The smallest absolute Gasteiger partial charge is 0.475 e. The zero-order valence-corrected chi connectivity index (χ0v) is 17.1. The van der Waals surface area contributed by atoms with Gasteiger partial charge in [0.1, 0.15) is 0 Å². The molecule has 0 saturated heterocycles. The maximum atomic E-state index is 10.6. The van der Waals surface area contributed by atoms with Crippen LogP contribution in [0.3, 0.4) is 0 Å². The average Bonchev–Trinajstić information content (AvgIpc) is 3.26. The lowest BCUT2D eigenvalue weighted by Crippen LogP contribution is -2.26. The number of nitrogens with zero attached hydrogens (tertiary/aromatic N) is 4. The monoisotopic (exact) mass is 415 g/mol. The molecule has 0 amide bonds. The Kier molecular flexibility index (Phi) is 7.45. The first-order valence-electron chi connectivity index (χ1n) is 9.62. The minimum atomic E-state index is -5.08. The molecule has 0 radical (unpaired) electrons. The SMILES string of the molecule is CC(C)n1cc2c(n1)C(NCc1cncn1C(C)C)CCC2.O=C(O)C(F)(F)F. The second kappa shape index (κ2) is 9.43. The molecule has 29 heavy (non-hydrogen) atoms. The summed E-state index contributed by atoms with van der Waals surface area (Å²) in [7, 11) is 0. The van der Waals surface area contributed by atoms with Gasteiger partial charge in [-0.2, -0.15) is 18.3 Å². The van der Waals surface area contributed by atoms with Crippen molar-refractivity contribution in [3.8, 4) is 0 Å². The predicted molar refractivity (Wildman–Crippen MR) is 101 cm³/mol. The van der Waals surface area contributed by atoms with Crippen molar-refractivity contribution in [2.75, 3.05) is 0 Å². The molecule has 1 aliphatic carbocycles. The highest BCUT2D eigenvalue weighted by Gasteiger charge is 2.38. The summed E-state index contributed by atoms with van der Waals surface area (Å²) < 4.78 is 36.1. The molecule has 2 N–H and O–H groups in total. The highest BCUT2D eigenvalue weighted by atomic mass is 19.4. The van der Waals surface area contributed by atoms with Crippen LogP contribution in [-0.4, -0.2) is 36.6 Å². The number of imidazole rings is 1. The van der Waals surface area contributed by atoms with Crippen molar-refractivity contribution in [1.29, 1.82) is 0 Å². The maximum Gasteiger partial charge on any atom is 0.490 e. The van der Waals surface area contributed by atoms with Crippen molar-refractivity contribution in [3.05, 3.63) is 35.7 Å². The number of aryl methyl sites for hydroxylation is 1. The Bertz CT molecular complexity index is 811. The Balaban J connectivity index is 0.000000370. The molecule has 0 fully saturated rings. The van der Waals surface area contributed by atoms with Crippen molar-refractivity contribution < 1.29 is 23.1 Å². The van der Waals surface area contributed by atoms with Gasteiger partial charge in [0.15, 0.2) is 0 Å². The lowest BCUT2D eigenvalue weighted by molar-refractivity contribution is -0.192. The molecule has 2 aromatic rings. The Hall–Kier alpha value is -2.36. The van der Waals surface area contributed by atoms with Crippen molar-refractivity contribution in [1.82, 2.24) is 24.6 Å². The van der Waals surface area contributed by atoms with Crippen LogP contribution in [0.25, 0.3) is 0 Å². The van der Waals surface area contributed by atoms with Gasteiger partial charge in [0.05, 0.1) is 23.8 Å². The largest absolute Gasteiger partial charge is 0.490 e. The van der Waals surface area contributed by atoms with Crippen LogP contribution in [0, 0.1) is 0 Å². The summed E-state index contributed by atoms with van der Waals surface area (Å²) in [5, 5.41) is 15.6. The number of aliphatic carboxylic acids is 1. The molecular weight excluding hydrogens is 387 g/mol. The quantitative estimate of drug-likeness (QED) is 0.770. The molecule has 0 aliphatic heterocycles. The third kappa shape index (κ3) is 6.06. The van der Waals surface area contributed by atoms with Gasteiger partial charge in [-0.05, 0) is 52.5 Å². The fraction of sp³-hybridized carbons (Fsp3) is 0.632. The van der Waals surface area contributed by atoms with E-state index in [0.717, 1.165) is 19.4 Å². The Morgan fingerprint density at radius 1 is 1.31 bits per heavy atom. The molecule has 0 spiro atoms. The standard InChI is InChI=1S/C17H27N5.C2HF3O2/c1-12(2)21-11-18-8-15(21)9-19-16-7-5-6-14-10-22(13(3)4)20-17(14)16;3-2(4,5)1(6)7/h8,10-13,16,19H,5-7,9H2,1-4H3;(H,6,7). The summed E-state index contributed by atoms with van der Waals surface area (Å²) in [5.41, 5.74) is 3.90. The van der Waals surface area contributed by atoms with Gasteiger partial charge in [0.2, 0.25) is 0 Å². The number of carbonyl (C=O) groups is 1. The van der Waals surface area contributed by atoms with Crippen molar-refractivity contribution in [3.63, 3.8) is 0 Å². The van der Waals surface area contributed by atoms with Gasteiger partial charge < -0.3 is 15.0 Å². The van der Waals surface area contributed by atoms with Crippen LogP contribution in [0.1, 0.15) is 75.6 Å². The highest BCUT2D eigenvalue weighted by molar-refractivity contribution is 5.73. The van der Waals surface area contributed by atoms with E-state index < -0.39 is 12.1 Å². The average molecular weight is 415 g/mol. The van der Waals surface area contributed by atoms with Crippen molar-refractivity contribution >= 4 is 5.97 Å². The molecule has 1 aliphatic rings. The lowest BCUT2D eigenvalue weighted by atomic mass is 9.94. The number of halogens is 3. The van der Waals surface area contributed by atoms with Gasteiger partial charge in [-0.3, -0.25) is 4.68 Å². The zero-order valence-electron chi connectivity index (χ0n) is 17.1. The Labute approximate surface area is 167 Å². The Morgan fingerprint density at radius 2 is 1.97 bits per heavy atom. The second-order valence-electron chi connectivity index (χ2n) is 7.63. The number of hydrogen-bond donors (Lipinski definition) is 2. The number of alkyl halides is 3. The van der Waals surface area contributed by atoms with E-state index in [1.54, 1.807) is 0 Å². The lowest BCUT2D eigenvalue weighted by Gasteiger charge is -2.23. The fourth-order valence-corrected chi connectivity index (χ4v) is 3.19. The van der Waals surface area contributed by atoms with Gasteiger partial charge in [-0.25, -0.2) is 9.78 Å². The predicted octanol–water partition coefficient (Wildman–Crippen LogP) is 4.04. The van der Waals surface area contributed by atoms with E-state index >= 15 is 0 Å². The van der Waals surface area contributed by atoms with Gasteiger partial charge >= 0.3 is 12.1 Å². The van der Waals surface area contributed by atoms with E-state index in [2.05, 4.69) is 53.4 Å². The minimum absolute atomic E-state index is 0.360. The van der Waals surface area contributed by atoms with Crippen LogP contribution in [0.5, 0.6) is 0 Å². The van der Waals surface area contributed by atoms with Gasteiger partial charge in [0.25, 0.3) is 0 Å². The molecule has 2 aromatic heterocycles. The van der Waals surface area contributed by atoms with E-state index in [1.807, 2.05) is 12.5 Å². The first kappa shape index (κ1) is 22.9. The second-order valence-corrected chi connectivity index (χ2v) is 7.63. The van der Waals surface area contributed by atoms with Crippen LogP contribution in [0.4, 0.5) is 13.2 Å². The summed E-state index contributed by atoms with van der Waals surface area (Å²) in [6.07, 6.45) is 4.58. The molecule has 10 heteroatoms. The third-order valence-electron chi connectivity index (χ3n) is 4.71. The molecule has 0 aromatic carbocycles. The molecular formula is C19H28F3N5O2. The van der Waals surface area contributed by atoms with Gasteiger partial charge in [-0.1, -0.05) is 0 Å². The molecule has 2 heterocycles. The Morgan fingerprint density at radius 3 is 2.52 bits per heavy atom. The number of hydrogen-bond acceptors (Lipinski definition) is 4. The normalized spacial score (nSPS) is 16.5. The van der Waals surface area contributed by atoms with Crippen molar-refractivity contribution in [2.45, 2.75) is 77.8 Å². The van der Waals surface area contributed by atoms with Crippen LogP contribution >= 0.6 is 0 Å². The number of carboxylic acids is 1. The maximum absolute atomic E-state index is 10.6. The van der Waals surface area contributed by atoms with E-state index in [0.29, 0.717) is 18.1 Å². The zero-order chi connectivity index (χ0) is 21.8. The molecule has 0 saturated carbocycles. The number of carboxylic acid groups (broad SMARTS) is 1. The van der Waals surface area contributed by atoms with Crippen LogP contribution in [0.2, 0.25) is 0 Å². The molecule has 7 nitrogen and oxygen atoms in total. The third-order valence-corrected chi connectivity index (χ3v) is 4.71. The van der Waals surface area contributed by atoms with Gasteiger partial charge in [0, 0.05) is 31.0 Å². The van der Waals surface area contributed by atoms with Crippen LogP contribution in [-0.2, 0) is 17.8 Å².